The molecule has 2 aromatic heterocycles. The Morgan fingerprint density at radius 2 is 1.64 bits per heavy atom. The average Bonchev–Trinajstić information content (AvgIpc) is 3.26. The molecule has 0 aliphatic carbocycles. The minimum atomic E-state index is -0.463. The van der Waals surface area contributed by atoms with Crippen molar-refractivity contribution in [3.63, 3.8) is 0 Å². The van der Waals surface area contributed by atoms with Gasteiger partial charge in [0.15, 0.2) is 0 Å². The van der Waals surface area contributed by atoms with Crippen molar-refractivity contribution in [2.24, 2.45) is 0 Å². The fourth-order valence-corrected chi connectivity index (χ4v) is 4.24. The van der Waals surface area contributed by atoms with Crippen LogP contribution in [0.25, 0.3) is 16.8 Å². The number of halogens is 3. The van der Waals surface area contributed by atoms with Gasteiger partial charge in [-0.25, -0.2) is 13.8 Å². The van der Waals surface area contributed by atoms with Gasteiger partial charge in [0.2, 0.25) is 0 Å². The average molecular weight is 467 g/mol. The number of piperazine rings is 1. The number of amides is 1. The van der Waals surface area contributed by atoms with E-state index >= 15 is 0 Å². The molecule has 33 heavy (non-hydrogen) atoms. The Morgan fingerprint density at radius 3 is 2.36 bits per heavy atom. The number of imidazole rings is 1. The fourth-order valence-electron chi connectivity index (χ4n) is 4.06. The van der Waals surface area contributed by atoms with Crippen LogP contribution >= 0.6 is 11.6 Å². The number of benzene rings is 2. The molecule has 1 saturated heterocycles. The maximum atomic E-state index is 13.5. The van der Waals surface area contributed by atoms with Crippen LogP contribution in [0.2, 0.25) is 5.02 Å². The Labute approximate surface area is 194 Å². The van der Waals surface area contributed by atoms with Crippen molar-refractivity contribution in [1.82, 2.24) is 19.2 Å². The smallest absolute Gasteiger partial charge is 0.274 e. The van der Waals surface area contributed by atoms with E-state index in [1.807, 2.05) is 23.2 Å². The van der Waals surface area contributed by atoms with E-state index in [1.54, 1.807) is 34.9 Å². The minimum absolute atomic E-state index is 0.0627. The largest absolute Gasteiger partial charge is 0.335 e. The highest BCUT2D eigenvalue weighted by atomic mass is 35.5. The molecule has 4 aromatic rings. The van der Waals surface area contributed by atoms with Crippen LogP contribution < -0.4 is 0 Å². The van der Waals surface area contributed by atoms with Crippen LogP contribution in [0.15, 0.2) is 67.0 Å². The van der Waals surface area contributed by atoms with Crippen LogP contribution in [0, 0.1) is 11.6 Å². The molecule has 2 aromatic carbocycles. The lowest BCUT2D eigenvalue weighted by molar-refractivity contribution is 0.0623. The Bertz CT molecular complexity index is 1310. The normalized spacial score (nSPS) is 14.7. The Hall–Kier alpha value is -3.29. The summed E-state index contributed by atoms with van der Waals surface area (Å²) >= 11 is 5.91. The molecule has 3 heterocycles. The number of hydrogen-bond donors (Lipinski definition) is 0. The van der Waals surface area contributed by atoms with E-state index in [1.165, 1.54) is 18.2 Å². The van der Waals surface area contributed by atoms with Gasteiger partial charge < -0.3 is 9.30 Å². The highest BCUT2D eigenvalue weighted by Gasteiger charge is 2.24. The fraction of sp³-hybridized carbons (Fsp3) is 0.200. The maximum absolute atomic E-state index is 13.5. The molecule has 0 radical (unpaired) electrons. The summed E-state index contributed by atoms with van der Waals surface area (Å²) in [5, 5.41) is 0.0627. The predicted molar refractivity (Wildman–Crippen MR) is 123 cm³/mol. The molecule has 5 rings (SSSR count). The number of fused-ring (bicyclic) bond motifs is 1. The summed E-state index contributed by atoms with van der Waals surface area (Å²) in [7, 11) is 0. The molecule has 5 nitrogen and oxygen atoms in total. The van der Waals surface area contributed by atoms with Gasteiger partial charge in [0.05, 0.1) is 5.02 Å². The molecule has 1 amide bonds. The van der Waals surface area contributed by atoms with Gasteiger partial charge in [0.25, 0.3) is 5.91 Å². The van der Waals surface area contributed by atoms with E-state index in [0.29, 0.717) is 24.4 Å². The van der Waals surface area contributed by atoms with Gasteiger partial charge in [-0.15, -0.1) is 0 Å². The third-order valence-electron chi connectivity index (χ3n) is 5.90. The number of hydrogen-bond acceptors (Lipinski definition) is 3. The lowest BCUT2D eigenvalue weighted by Crippen LogP contribution is -2.48. The van der Waals surface area contributed by atoms with Crippen molar-refractivity contribution in [2.45, 2.75) is 6.54 Å². The SMILES string of the molecule is O=C(c1cn2cc(-c3ccc(F)c(Cl)c3)ccc2n1)N1CCN(Cc2ccc(F)cc2)CC1. The summed E-state index contributed by atoms with van der Waals surface area (Å²) in [4.78, 5) is 21.6. The van der Waals surface area contributed by atoms with E-state index in [9.17, 15) is 13.6 Å². The second-order valence-electron chi connectivity index (χ2n) is 8.13. The van der Waals surface area contributed by atoms with E-state index in [0.717, 1.165) is 36.3 Å². The molecule has 1 aliphatic heterocycles. The number of carbonyl (C=O) groups excluding carboxylic acids is 1. The van der Waals surface area contributed by atoms with Gasteiger partial charge in [-0.05, 0) is 53.1 Å². The molecule has 1 fully saturated rings. The standard InChI is InChI=1S/C25H21ClF2N4O/c26-21-13-18(3-7-22(21)28)19-4-8-24-29-23(16-32(24)15-19)25(33)31-11-9-30(10-12-31)14-17-1-5-20(27)6-2-17/h1-8,13,15-16H,9-12,14H2. The van der Waals surface area contributed by atoms with Crippen molar-refractivity contribution >= 4 is 23.2 Å². The van der Waals surface area contributed by atoms with Crippen LogP contribution in [-0.4, -0.2) is 51.3 Å². The summed E-state index contributed by atoms with van der Waals surface area (Å²) in [5.74, 6) is -0.809. The number of carbonyl (C=O) groups is 1. The van der Waals surface area contributed by atoms with E-state index in [-0.39, 0.29) is 16.7 Å². The Kier molecular flexibility index (Phi) is 5.83. The summed E-state index contributed by atoms with van der Waals surface area (Å²) in [5.41, 5.74) is 3.72. The summed E-state index contributed by atoms with van der Waals surface area (Å²) in [6.45, 7) is 3.42. The second-order valence-corrected chi connectivity index (χ2v) is 8.54. The van der Waals surface area contributed by atoms with Crippen LogP contribution in [0.5, 0.6) is 0 Å². The van der Waals surface area contributed by atoms with Gasteiger partial charge in [0.1, 0.15) is 23.0 Å². The molecule has 0 saturated carbocycles. The number of pyridine rings is 1. The van der Waals surface area contributed by atoms with Gasteiger partial charge in [-0.1, -0.05) is 29.8 Å². The van der Waals surface area contributed by atoms with Gasteiger partial charge >= 0.3 is 0 Å². The van der Waals surface area contributed by atoms with E-state index in [2.05, 4.69) is 9.88 Å². The van der Waals surface area contributed by atoms with Crippen molar-refractivity contribution in [3.8, 4) is 11.1 Å². The lowest BCUT2D eigenvalue weighted by Gasteiger charge is -2.34. The first-order valence-electron chi connectivity index (χ1n) is 10.7. The molecule has 0 unspecified atom stereocenters. The number of rotatable bonds is 4. The third-order valence-corrected chi connectivity index (χ3v) is 6.19. The first-order chi connectivity index (χ1) is 16.0. The molecule has 8 heteroatoms. The highest BCUT2D eigenvalue weighted by Crippen LogP contribution is 2.25. The van der Waals surface area contributed by atoms with E-state index in [4.69, 9.17) is 11.6 Å². The molecule has 0 bridgehead atoms. The minimum Gasteiger partial charge on any atom is -0.335 e. The zero-order chi connectivity index (χ0) is 22.9. The molecule has 168 valence electrons. The van der Waals surface area contributed by atoms with Crippen molar-refractivity contribution < 1.29 is 13.6 Å². The molecular formula is C25H21ClF2N4O. The quantitative estimate of drug-likeness (QED) is 0.430. The van der Waals surface area contributed by atoms with Crippen LogP contribution in [0.3, 0.4) is 0 Å². The van der Waals surface area contributed by atoms with Crippen LogP contribution in [-0.2, 0) is 6.54 Å². The highest BCUT2D eigenvalue weighted by molar-refractivity contribution is 6.31. The molecule has 0 spiro atoms. The van der Waals surface area contributed by atoms with Gasteiger partial charge in [0, 0.05) is 45.1 Å². The summed E-state index contributed by atoms with van der Waals surface area (Å²) in [6, 6.07) is 14.8. The van der Waals surface area contributed by atoms with Crippen LogP contribution in [0.4, 0.5) is 8.78 Å². The summed E-state index contributed by atoms with van der Waals surface area (Å²) < 4.78 is 28.4. The zero-order valence-electron chi connectivity index (χ0n) is 17.7. The third kappa shape index (κ3) is 4.60. The maximum Gasteiger partial charge on any atom is 0.274 e. The molecular weight excluding hydrogens is 446 g/mol. The van der Waals surface area contributed by atoms with Gasteiger partial charge in [-0.2, -0.15) is 0 Å². The first kappa shape index (κ1) is 21.6. The number of nitrogens with zero attached hydrogens (tertiary/aromatic N) is 4. The van der Waals surface area contributed by atoms with Crippen molar-refractivity contribution in [2.75, 3.05) is 26.2 Å². The lowest BCUT2D eigenvalue weighted by atomic mass is 10.1. The van der Waals surface area contributed by atoms with Crippen molar-refractivity contribution in [1.29, 1.82) is 0 Å². The second kappa shape index (κ2) is 8.92. The number of aromatic nitrogens is 2. The Morgan fingerprint density at radius 1 is 0.909 bits per heavy atom. The first-order valence-corrected chi connectivity index (χ1v) is 11.0. The van der Waals surface area contributed by atoms with Crippen molar-refractivity contribution in [3.05, 3.63) is 94.9 Å². The van der Waals surface area contributed by atoms with Crippen LogP contribution in [0.1, 0.15) is 16.1 Å². The molecule has 0 N–H and O–H groups in total. The Balaban J connectivity index is 1.27. The monoisotopic (exact) mass is 466 g/mol. The summed E-state index contributed by atoms with van der Waals surface area (Å²) in [6.07, 6.45) is 3.57. The molecule has 1 aliphatic rings. The topological polar surface area (TPSA) is 40.9 Å². The molecule has 0 atom stereocenters. The predicted octanol–water partition coefficient (Wildman–Crippen LogP) is 4.89. The van der Waals surface area contributed by atoms with E-state index < -0.39 is 5.82 Å². The zero-order valence-corrected chi connectivity index (χ0v) is 18.5. The van der Waals surface area contributed by atoms with Gasteiger partial charge in [-0.3, -0.25) is 9.69 Å².